The molecular formula is C11H23ClN2. The van der Waals surface area contributed by atoms with Gasteiger partial charge in [-0.1, -0.05) is 20.8 Å². The van der Waals surface area contributed by atoms with Gasteiger partial charge >= 0.3 is 0 Å². The third kappa shape index (κ3) is 3.49. The highest BCUT2D eigenvalue weighted by molar-refractivity contribution is 5.85. The molecular weight excluding hydrogens is 196 g/mol. The van der Waals surface area contributed by atoms with Crippen molar-refractivity contribution in [3.05, 3.63) is 0 Å². The first kappa shape index (κ1) is 13.8. The number of amidine groups is 1. The molecule has 0 atom stereocenters. The summed E-state index contributed by atoms with van der Waals surface area (Å²) in [7, 11) is 0. The van der Waals surface area contributed by atoms with Gasteiger partial charge in [-0.25, -0.2) is 0 Å². The van der Waals surface area contributed by atoms with Crippen LogP contribution in [0.5, 0.6) is 0 Å². The van der Waals surface area contributed by atoms with Crippen LogP contribution in [0.2, 0.25) is 0 Å². The zero-order valence-corrected chi connectivity index (χ0v) is 10.3. The molecule has 1 aliphatic carbocycles. The molecule has 0 aromatic heterocycles. The molecule has 2 nitrogen and oxygen atoms in total. The Hall–Kier alpha value is -0.240. The Morgan fingerprint density at radius 3 is 1.86 bits per heavy atom. The SMILES string of the molecule is CC(C)(C)C1CCC(C(=N)N)CC1.Cl. The van der Waals surface area contributed by atoms with Gasteiger partial charge in [-0.15, -0.1) is 12.4 Å². The molecule has 1 aliphatic rings. The van der Waals surface area contributed by atoms with Crippen LogP contribution in [0.3, 0.4) is 0 Å². The molecule has 0 amide bonds. The predicted octanol–water partition coefficient (Wildman–Crippen LogP) is 3.20. The van der Waals surface area contributed by atoms with Crippen LogP contribution >= 0.6 is 12.4 Å². The molecule has 3 N–H and O–H groups in total. The highest BCUT2D eigenvalue weighted by Gasteiger charge is 2.30. The van der Waals surface area contributed by atoms with Gasteiger partial charge in [-0.2, -0.15) is 0 Å². The Bertz CT molecular complexity index is 188. The van der Waals surface area contributed by atoms with Crippen molar-refractivity contribution in [2.24, 2.45) is 23.0 Å². The summed E-state index contributed by atoms with van der Waals surface area (Å²) in [6.45, 7) is 6.93. The average Bonchev–Trinajstić information content (AvgIpc) is 2.03. The number of rotatable bonds is 1. The Morgan fingerprint density at radius 2 is 1.57 bits per heavy atom. The predicted molar refractivity (Wildman–Crippen MR) is 64.1 cm³/mol. The lowest BCUT2D eigenvalue weighted by molar-refractivity contribution is 0.166. The number of nitrogens with one attached hydrogen (secondary N) is 1. The fourth-order valence-corrected chi connectivity index (χ4v) is 2.27. The second-order valence-electron chi connectivity index (χ2n) is 5.37. The van der Waals surface area contributed by atoms with Gasteiger partial charge < -0.3 is 5.73 Å². The molecule has 14 heavy (non-hydrogen) atoms. The molecule has 0 heterocycles. The second-order valence-corrected chi connectivity index (χ2v) is 5.37. The molecule has 0 bridgehead atoms. The molecule has 0 aromatic rings. The van der Waals surface area contributed by atoms with Gasteiger partial charge in [0.25, 0.3) is 0 Å². The number of nitrogens with two attached hydrogens (primary N) is 1. The lowest BCUT2D eigenvalue weighted by atomic mass is 9.69. The minimum absolute atomic E-state index is 0. The van der Waals surface area contributed by atoms with E-state index in [1.165, 1.54) is 12.8 Å². The molecule has 0 aromatic carbocycles. The molecule has 3 heteroatoms. The highest BCUT2D eigenvalue weighted by Crippen LogP contribution is 2.39. The van der Waals surface area contributed by atoms with Crippen molar-refractivity contribution in [3.8, 4) is 0 Å². The van der Waals surface area contributed by atoms with E-state index in [4.69, 9.17) is 11.1 Å². The fourth-order valence-electron chi connectivity index (χ4n) is 2.27. The first-order valence-corrected chi connectivity index (χ1v) is 5.25. The van der Waals surface area contributed by atoms with Gasteiger partial charge in [-0.3, -0.25) is 5.41 Å². The van der Waals surface area contributed by atoms with E-state index in [2.05, 4.69) is 20.8 Å². The summed E-state index contributed by atoms with van der Waals surface area (Å²) in [5, 5.41) is 7.39. The molecule has 84 valence electrons. The molecule has 0 radical (unpaired) electrons. The van der Waals surface area contributed by atoms with E-state index in [1.54, 1.807) is 0 Å². The van der Waals surface area contributed by atoms with Gasteiger partial charge in [0.05, 0.1) is 5.84 Å². The normalized spacial score (nSPS) is 27.9. The second kappa shape index (κ2) is 5.01. The summed E-state index contributed by atoms with van der Waals surface area (Å²) in [6.07, 6.45) is 4.73. The molecule has 0 aliphatic heterocycles. The summed E-state index contributed by atoms with van der Waals surface area (Å²) < 4.78 is 0. The third-order valence-electron chi connectivity index (χ3n) is 3.39. The first-order valence-electron chi connectivity index (χ1n) is 5.25. The van der Waals surface area contributed by atoms with Crippen LogP contribution in [0.1, 0.15) is 46.5 Å². The highest BCUT2D eigenvalue weighted by atomic mass is 35.5. The largest absolute Gasteiger partial charge is 0.387 e. The standard InChI is InChI=1S/C11H22N2.ClH/c1-11(2,3)9-6-4-8(5-7-9)10(12)13;/h8-9H,4-7H2,1-3H3,(H3,12,13);1H. The van der Waals surface area contributed by atoms with Crippen molar-refractivity contribution in [1.82, 2.24) is 0 Å². The fraction of sp³-hybridized carbons (Fsp3) is 0.909. The van der Waals surface area contributed by atoms with Crippen molar-refractivity contribution < 1.29 is 0 Å². The molecule has 1 rings (SSSR count). The van der Waals surface area contributed by atoms with Crippen LogP contribution in [0, 0.1) is 22.7 Å². The van der Waals surface area contributed by atoms with E-state index in [9.17, 15) is 0 Å². The lowest BCUT2D eigenvalue weighted by Crippen LogP contribution is -2.31. The van der Waals surface area contributed by atoms with E-state index >= 15 is 0 Å². The zero-order valence-electron chi connectivity index (χ0n) is 9.47. The van der Waals surface area contributed by atoms with Crippen LogP contribution < -0.4 is 5.73 Å². The number of halogens is 1. The Labute approximate surface area is 93.6 Å². The van der Waals surface area contributed by atoms with Gasteiger partial charge in [-0.05, 0) is 37.0 Å². The van der Waals surface area contributed by atoms with Crippen LogP contribution in [0.15, 0.2) is 0 Å². The van der Waals surface area contributed by atoms with Gasteiger partial charge in [0.15, 0.2) is 0 Å². The van der Waals surface area contributed by atoms with Crippen molar-refractivity contribution in [3.63, 3.8) is 0 Å². The molecule has 1 saturated carbocycles. The van der Waals surface area contributed by atoms with Gasteiger partial charge in [0.2, 0.25) is 0 Å². The molecule has 0 unspecified atom stereocenters. The van der Waals surface area contributed by atoms with Crippen molar-refractivity contribution in [1.29, 1.82) is 5.41 Å². The molecule has 0 spiro atoms. The maximum Gasteiger partial charge on any atom is 0.0936 e. The number of hydrogen-bond acceptors (Lipinski definition) is 1. The van der Waals surface area contributed by atoms with Crippen LogP contribution in [-0.4, -0.2) is 5.84 Å². The Kier molecular flexibility index (Phi) is 4.93. The van der Waals surface area contributed by atoms with E-state index in [0.29, 0.717) is 17.2 Å². The first-order chi connectivity index (χ1) is 5.91. The summed E-state index contributed by atoms with van der Waals surface area (Å²) in [6, 6.07) is 0. The maximum absolute atomic E-state index is 7.39. The van der Waals surface area contributed by atoms with Gasteiger partial charge in [0.1, 0.15) is 0 Å². The monoisotopic (exact) mass is 218 g/mol. The quantitative estimate of drug-likeness (QED) is 0.516. The zero-order chi connectivity index (χ0) is 10.1. The average molecular weight is 219 g/mol. The summed E-state index contributed by atoms with van der Waals surface area (Å²) in [4.78, 5) is 0. The molecule has 1 fully saturated rings. The third-order valence-corrected chi connectivity index (χ3v) is 3.39. The topological polar surface area (TPSA) is 49.9 Å². The Morgan fingerprint density at radius 1 is 1.14 bits per heavy atom. The van der Waals surface area contributed by atoms with E-state index in [-0.39, 0.29) is 12.4 Å². The summed E-state index contributed by atoms with van der Waals surface area (Å²) in [5.41, 5.74) is 5.94. The van der Waals surface area contributed by atoms with Crippen molar-refractivity contribution in [2.45, 2.75) is 46.5 Å². The maximum atomic E-state index is 7.39. The summed E-state index contributed by atoms with van der Waals surface area (Å²) >= 11 is 0. The van der Waals surface area contributed by atoms with Gasteiger partial charge in [0, 0.05) is 5.92 Å². The number of hydrogen-bond donors (Lipinski definition) is 2. The lowest BCUT2D eigenvalue weighted by Gasteiger charge is -2.36. The van der Waals surface area contributed by atoms with Crippen LogP contribution in [0.25, 0.3) is 0 Å². The minimum atomic E-state index is 0. The van der Waals surface area contributed by atoms with Crippen molar-refractivity contribution >= 4 is 18.2 Å². The Balaban J connectivity index is 0.00000169. The smallest absolute Gasteiger partial charge is 0.0936 e. The van der Waals surface area contributed by atoms with Crippen LogP contribution in [-0.2, 0) is 0 Å². The van der Waals surface area contributed by atoms with E-state index in [1.807, 2.05) is 0 Å². The van der Waals surface area contributed by atoms with Crippen LogP contribution in [0.4, 0.5) is 0 Å². The molecule has 0 saturated heterocycles. The van der Waals surface area contributed by atoms with Crippen molar-refractivity contribution in [2.75, 3.05) is 0 Å². The van der Waals surface area contributed by atoms with E-state index < -0.39 is 0 Å². The summed E-state index contributed by atoms with van der Waals surface area (Å²) in [5.74, 6) is 1.59. The minimum Gasteiger partial charge on any atom is -0.387 e. The van der Waals surface area contributed by atoms with E-state index in [0.717, 1.165) is 18.8 Å².